The highest BCUT2D eigenvalue weighted by molar-refractivity contribution is 5.87. The lowest BCUT2D eigenvalue weighted by atomic mass is 10.1. The second-order valence-electron chi connectivity index (χ2n) is 4.75. The van der Waals surface area contributed by atoms with Gasteiger partial charge >= 0.3 is 5.97 Å². The molecule has 0 radical (unpaired) electrons. The molecule has 7 nitrogen and oxygen atoms in total. The van der Waals surface area contributed by atoms with Gasteiger partial charge < -0.3 is 5.11 Å². The highest BCUT2D eigenvalue weighted by Gasteiger charge is 2.13. The third-order valence-electron chi connectivity index (χ3n) is 3.30. The van der Waals surface area contributed by atoms with E-state index in [1.54, 1.807) is 28.8 Å². The monoisotopic (exact) mass is 309 g/mol. The van der Waals surface area contributed by atoms with Crippen LogP contribution in [-0.2, 0) is 4.79 Å². The number of carbonyl (C=O) groups is 1. The number of hydrogen-bond acceptors (Lipinski definition) is 4. The quantitative estimate of drug-likeness (QED) is 0.454. The van der Waals surface area contributed by atoms with Crippen LogP contribution in [-0.4, -0.2) is 25.4 Å². The van der Waals surface area contributed by atoms with E-state index in [4.69, 9.17) is 5.11 Å². The number of pyridine rings is 1. The lowest BCUT2D eigenvalue weighted by Gasteiger charge is -2.00. The Balaban J connectivity index is 2.17. The summed E-state index contributed by atoms with van der Waals surface area (Å²) in [5.41, 5.74) is 2.47. The average molecular weight is 309 g/mol. The van der Waals surface area contributed by atoms with Gasteiger partial charge in [-0.15, -0.1) is 0 Å². The normalized spacial score (nSPS) is 11.1. The molecule has 114 valence electrons. The number of nitro benzene ring substituents is 1. The van der Waals surface area contributed by atoms with Crippen LogP contribution >= 0.6 is 0 Å². The zero-order chi connectivity index (χ0) is 16.4. The number of aliphatic carboxylic acids is 1. The Morgan fingerprint density at radius 1 is 1.22 bits per heavy atom. The number of imidazole rings is 1. The number of benzene rings is 1. The topological polar surface area (TPSA) is 97.7 Å². The highest BCUT2D eigenvalue weighted by atomic mass is 16.6. The molecule has 1 N–H and O–H groups in total. The Morgan fingerprint density at radius 2 is 1.96 bits per heavy atom. The van der Waals surface area contributed by atoms with Crippen molar-refractivity contribution in [2.75, 3.05) is 0 Å². The molecule has 0 unspecified atom stereocenters. The first-order valence-corrected chi connectivity index (χ1v) is 6.69. The molecule has 0 bridgehead atoms. The number of hydrogen-bond donors (Lipinski definition) is 1. The van der Waals surface area contributed by atoms with E-state index >= 15 is 0 Å². The molecule has 0 aliphatic rings. The smallest absolute Gasteiger partial charge is 0.328 e. The van der Waals surface area contributed by atoms with E-state index in [0.717, 1.165) is 6.08 Å². The molecule has 3 aromatic rings. The van der Waals surface area contributed by atoms with Gasteiger partial charge in [0.15, 0.2) is 0 Å². The molecule has 1 aromatic carbocycles. The maximum atomic E-state index is 10.8. The summed E-state index contributed by atoms with van der Waals surface area (Å²) in [6, 6.07) is 11.4. The van der Waals surface area contributed by atoms with Crippen LogP contribution in [0, 0.1) is 10.1 Å². The number of carboxylic acid groups (broad SMARTS) is 1. The van der Waals surface area contributed by atoms with Crippen molar-refractivity contribution < 1.29 is 14.8 Å². The maximum Gasteiger partial charge on any atom is 0.328 e. The van der Waals surface area contributed by atoms with Gasteiger partial charge in [-0.25, -0.2) is 9.78 Å². The highest BCUT2D eigenvalue weighted by Crippen LogP contribution is 2.27. The first kappa shape index (κ1) is 14.5. The molecule has 2 heterocycles. The van der Waals surface area contributed by atoms with Gasteiger partial charge in [-0.05, 0) is 30.3 Å². The van der Waals surface area contributed by atoms with Crippen LogP contribution in [0.3, 0.4) is 0 Å². The van der Waals surface area contributed by atoms with Gasteiger partial charge in [0.05, 0.1) is 16.3 Å². The summed E-state index contributed by atoms with van der Waals surface area (Å²) in [5.74, 6) is -1.06. The molecule has 23 heavy (non-hydrogen) atoms. The lowest BCUT2D eigenvalue weighted by molar-refractivity contribution is -0.384. The number of rotatable bonds is 4. The Hall–Kier alpha value is -3.48. The third kappa shape index (κ3) is 2.80. The van der Waals surface area contributed by atoms with Crippen LogP contribution in [0.25, 0.3) is 23.0 Å². The van der Waals surface area contributed by atoms with E-state index < -0.39 is 10.9 Å². The second-order valence-corrected chi connectivity index (χ2v) is 4.75. The fourth-order valence-corrected chi connectivity index (χ4v) is 2.28. The summed E-state index contributed by atoms with van der Waals surface area (Å²) in [5, 5.41) is 19.6. The zero-order valence-electron chi connectivity index (χ0n) is 11.8. The molecule has 0 fully saturated rings. The second kappa shape index (κ2) is 5.72. The molecule has 0 aliphatic carbocycles. The van der Waals surface area contributed by atoms with Crippen LogP contribution in [0.5, 0.6) is 0 Å². The molecule has 3 rings (SSSR count). The van der Waals surface area contributed by atoms with Gasteiger partial charge in [0.2, 0.25) is 0 Å². The van der Waals surface area contributed by atoms with Crippen molar-refractivity contribution in [1.82, 2.24) is 9.38 Å². The average Bonchev–Trinajstić information content (AvgIpc) is 2.91. The molecule has 0 saturated heterocycles. The molecule has 0 amide bonds. The van der Waals surface area contributed by atoms with Gasteiger partial charge in [0.1, 0.15) is 5.65 Å². The lowest BCUT2D eigenvalue weighted by Crippen LogP contribution is -1.91. The summed E-state index contributed by atoms with van der Waals surface area (Å²) in [6.07, 6.45) is 4.27. The predicted molar refractivity (Wildman–Crippen MR) is 84.0 cm³/mol. The molecular weight excluding hydrogens is 298 g/mol. The van der Waals surface area contributed by atoms with Crippen LogP contribution in [0.4, 0.5) is 5.69 Å². The first-order chi connectivity index (χ1) is 11.1. The maximum absolute atomic E-state index is 10.8. The SMILES string of the molecule is O=C(O)/C=C/c1c(-c2ccc([N+](=O)[O-])cc2)nc2ccccn12. The number of carboxylic acids is 1. The molecule has 2 aromatic heterocycles. The summed E-state index contributed by atoms with van der Waals surface area (Å²) in [6.45, 7) is 0. The zero-order valence-corrected chi connectivity index (χ0v) is 11.8. The minimum Gasteiger partial charge on any atom is -0.478 e. The van der Waals surface area contributed by atoms with E-state index in [0.29, 0.717) is 22.6 Å². The molecule has 0 atom stereocenters. The Bertz CT molecular complexity index is 926. The van der Waals surface area contributed by atoms with Crippen molar-refractivity contribution in [3.63, 3.8) is 0 Å². The van der Waals surface area contributed by atoms with E-state index in [1.165, 1.54) is 18.2 Å². The summed E-state index contributed by atoms with van der Waals surface area (Å²) < 4.78 is 1.76. The largest absolute Gasteiger partial charge is 0.478 e. The van der Waals surface area contributed by atoms with Crippen LogP contribution in [0.15, 0.2) is 54.7 Å². The Kier molecular flexibility index (Phi) is 3.60. The molecule has 0 aliphatic heterocycles. The van der Waals surface area contributed by atoms with Gasteiger partial charge in [0.25, 0.3) is 5.69 Å². The predicted octanol–water partition coefficient (Wildman–Crippen LogP) is 3.01. The van der Waals surface area contributed by atoms with Crippen molar-refractivity contribution in [3.05, 3.63) is 70.5 Å². The van der Waals surface area contributed by atoms with Crippen molar-refractivity contribution in [2.24, 2.45) is 0 Å². The van der Waals surface area contributed by atoms with Gasteiger partial charge in [-0.1, -0.05) is 6.07 Å². The van der Waals surface area contributed by atoms with Crippen molar-refractivity contribution in [2.45, 2.75) is 0 Å². The van der Waals surface area contributed by atoms with Gasteiger partial charge in [0, 0.05) is 30.0 Å². The minimum atomic E-state index is -1.06. The summed E-state index contributed by atoms with van der Waals surface area (Å²) in [7, 11) is 0. The fourth-order valence-electron chi connectivity index (χ4n) is 2.28. The fraction of sp³-hybridized carbons (Fsp3) is 0. The number of non-ortho nitro benzene ring substituents is 1. The molecule has 0 spiro atoms. The molecule has 7 heteroatoms. The molecular formula is C16H11N3O4. The van der Waals surface area contributed by atoms with E-state index in [2.05, 4.69) is 4.98 Å². The number of fused-ring (bicyclic) bond motifs is 1. The first-order valence-electron chi connectivity index (χ1n) is 6.69. The van der Waals surface area contributed by atoms with Crippen molar-refractivity contribution >= 4 is 23.4 Å². The Labute approximate surface area is 130 Å². The van der Waals surface area contributed by atoms with Crippen LogP contribution < -0.4 is 0 Å². The van der Waals surface area contributed by atoms with Gasteiger partial charge in [-0.3, -0.25) is 14.5 Å². The number of aromatic nitrogens is 2. The standard InChI is InChI=1S/C16H11N3O4/c20-15(21)9-8-13-16(17-14-3-1-2-10-18(13)14)11-4-6-12(7-5-11)19(22)23/h1-10H,(H,20,21)/b9-8+. The minimum absolute atomic E-state index is 0.0138. The summed E-state index contributed by atoms with van der Waals surface area (Å²) in [4.78, 5) is 25.6. The van der Waals surface area contributed by atoms with Crippen LogP contribution in [0.1, 0.15) is 5.69 Å². The van der Waals surface area contributed by atoms with E-state index in [9.17, 15) is 14.9 Å². The van der Waals surface area contributed by atoms with Crippen molar-refractivity contribution in [3.8, 4) is 11.3 Å². The van der Waals surface area contributed by atoms with E-state index in [-0.39, 0.29) is 5.69 Å². The van der Waals surface area contributed by atoms with Gasteiger partial charge in [-0.2, -0.15) is 0 Å². The number of nitro groups is 1. The van der Waals surface area contributed by atoms with E-state index in [1.807, 2.05) is 12.1 Å². The van der Waals surface area contributed by atoms with Crippen LogP contribution in [0.2, 0.25) is 0 Å². The number of nitrogens with zero attached hydrogens (tertiary/aromatic N) is 3. The summed E-state index contributed by atoms with van der Waals surface area (Å²) >= 11 is 0. The third-order valence-corrected chi connectivity index (χ3v) is 3.30. The van der Waals surface area contributed by atoms with Crippen molar-refractivity contribution in [1.29, 1.82) is 0 Å². The molecule has 0 saturated carbocycles. The Morgan fingerprint density at radius 3 is 2.61 bits per heavy atom.